The minimum absolute atomic E-state index is 0.131. The van der Waals surface area contributed by atoms with Crippen molar-refractivity contribution in [2.45, 2.75) is 6.54 Å². The molecule has 6 heteroatoms. The summed E-state index contributed by atoms with van der Waals surface area (Å²) >= 11 is 0. The Morgan fingerprint density at radius 2 is 2.11 bits per heavy atom. The summed E-state index contributed by atoms with van der Waals surface area (Å²) in [4.78, 5) is 16.1. The molecule has 0 unspecified atom stereocenters. The van der Waals surface area contributed by atoms with Gasteiger partial charge in [-0.15, -0.1) is 0 Å². The molecular formula is C13H13N5O. The smallest absolute Gasteiger partial charge is 0.256 e. The summed E-state index contributed by atoms with van der Waals surface area (Å²) in [5.74, 6) is -0.131. The molecular weight excluding hydrogens is 242 g/mol. The van der Waals surface area contributed by atoms with E-state index in [1.165, 1.54) is 0 Å². The van der Waals surface area contributed by atoms with Crippen molar-refractivity contribution in [3.05, 3.63) is 54.2 Å². The van der Waals surface area contributed by atoms with Crippen LogP contribution in [0, 0.1) is 0 Å². The zero-order valence-corrected chi connectivity index (χ0v) is 10.4. The monoisotopic (exact) mass is 255 g/mol. The minimum Gasteiger partial charge on any atom is -0.348 e. The predicted octanol–water partition coefficient (Wildman–Crippen LogP) is 0.998. The molecule has 1 N–H and O–H groups in total. The molecule has 3 heterocycles. The molecule has 19 heavy (non-hydrogen) atoms. The van der Waals surface area contributed by atoms with E-state index in [-0.39, 0.29) is 5.91 Å². The fourth-order valence-corrected chi connectivity index (χ4v) is 1.99. The summed E-state index contributed by atoms with van der Waals surface area (Å²) in [7, 11) is 1.89. The van der Waals surface area contributed by atoms with Crippen LogP contribution < -0.4 is 5.32 Å². The predicted molar refractivity (Wildman–Crippen MR) is 69.6 cm³/mol. The van der Waals surface area contributed by atoms with Crippen LogP contribution in [0.2, 0.25) is 0 Å². The number of pyridine rings is 1. The molecule has 0 radical (unpaired) electrons. The van der Waals surface area contributed by atoms with Crippen LogP contribution in [0.25, 0.3) is 5.65 Å². The maximum atomic E-state index is 12.1. The van der Waals surface area contributed by atoms with Crippen molar-refractivity contribution in [3.63, 3.8) is 0 Å². The van der Waals surface area contributed by atoms with Crippen LogP contribution in [0.5, 0.6) is 0 Å². The van der Waals surface area contributed by atoms with Crippen LogP contribution in [0.3, 0.4) is 0 Å². The highest BCUT2D eigenvalue weighted by atomic mass is 16.1. The molecule has 0 spiro atoms. The molecule has 0 saturated heterocycles. The van der Waals surface area contributed by atoms with E-state index in [0.29, 0.717) is 12.1 Å². The fourth-order valence-electron chi connectivity index (χ4n) is 1.99. The van der Waals surface area contributed by atoms with Crippen LogP contribution in [0.4, 0.5) is 0 Å². The number of fused-ring (bicyclic) bond motifs is 1. The van der Waals surface area contributed by atoms with Crippen molar-refractivity contribution >= 4 is 11.6 Å². The highest BCUT2D eigenvalue weighted by molar-refractivity contribution is 5.99. The number of amides is 1. The molecule has 3 aromatic heterocycles. The Bertz CT molecular complexity index is 713. The first-order valence-corrected chi connectivity index (χ1v) is 5.91. The first kappa shape index (κ1) is 11.5. The Kier molecular flexibility index (Phi) is 2.75. The Hall–Kier alpha value is -2.63. The van der Waals surface area contributed by atoms with Crippen molar-refractivity contribution in [2.24, 2.45) is 7.05 Å². The number of rotatable bonds is 3. The van der Waals surface area contributed by atoms with E-state index in [9.17, 15) is 4.79 Å². The summed E-state index contributed by atoms with van der Waals surface area (Å²) in [6, 6.07) is 3.74. The lowest BCUT2D eigenvalue weighted by Crippen LogP contribution is -2.23. The quantitative estimate of drug-likeness (QED) is 0.759. The second-order valence-corrected chi connectivity index (χ2v) is 4.27. The van der Waals surface area contributed by atoms with E-state index in [2.05, 4.69) is 15.4 Å². The highest BCUT2D eigenvalue weighted by Crippen LogP contribution is 2.10. The number of carbonyl (C=O) groups is 1. The average Bonchev–Trinajstić information content (AvgIpc) is 3.01. The molecule has 0 aliphatic rings. The molecule has 0 atom stereocenters. The number of hydrogen-bond donors (Lipinski definition) is 1. The molecule has 0 bridgehead atoms. The van der Waals surface area contributed by atoms with Gasteiger partial charge in [0.2, 0.25) is 0 Å². The summed E-state index contributed by atoms with van der Waals surface area (Å²) in [6.45, 7) is 0.475. The van der Waals surface area contributed by atoms with E-state index in [1.54, 1.807) is 23.1 Å². The Morgan fingerprint density at radius 3 is 2.89 bits per heavy atom. The topological polar surface area (TPSA) is 64.2 Å². The highest BCUT2D eigenvalue weighted by Gasteiger charge is 2.14. The summed E-state index contributed by atoms with van der Waals surface area (Å²) in [6.07, 6.45) is 8.67. The van der Waals surface area contributed by atoms with Gasteiger partial charge in [0.15, 0.2) is 0 Å². The standard InChI is InChI=1S/C13H13N5O/c1-17-6-7-18-13(17)11(9-16-18)12(19)15-8-10-2-4-14-5-3-10/h2-7,9H,8H2,1H3,(H,15,19). The van der Waals surface area contributed by atoms with E-state index < -0.39 is 0 Å². The minimum atomic E-state index is -0.131. The average molecular weight is 255 g/mol. The van der Waals surface area contributed by atoms with E-state index in [0.717, 1.165) is 11.2 Å². The second kappa shape index (κ2) is 4.56. The lowest BCUT2D eigenvalue weighted by Gasteiger charge is -2.04. The first-order chi connectivity index (χ1) is 9.25. The van der Waals surface area contributed by atoms with Gasteiger partial charge >= 0.3 is 0 Å². The number of carbonyl (C=O) groups excluding carboxylic acids is 1. The zero-order valence-electron chi connectivity index (χ0n) is 10.4. The largest absolute Gasteiger partial charge is 0.348 e. The van der Waals surface area contributed by atoms with Gasteiger partial charge in [0, 0.05) is 38.4 Å². The lowest BCUT2D eigenvalue weighted by atomic mass is 10.2. The van der Waals surface area contributed by atoms with Gasteiger partial charge in [-0.05, 0) is 17.7 Å². The molecule has 0 saturated carbocycles. The third kappa shape index (κ3) is 2.08. The number of nitrogens with zero attached hydrogens (tertiary/aromatic N) is 4. The van der Waals surface area contributed by atoms with Crippen LogP contribution in [-0.4, -0.2) is 25.1 Å². The Balaban J connectivity index is 1.79. The van der Waals surface area contributed by atoms with Crippen molar-refractivity contribution in [1.29, 1.82) is 0 Å². The van der Waals surface area contributed by atoms with Gasteiger partial charge in [0.05, 0.1) is 6.20 Å². The maximum Gasteiger partial charge on any atom is 0.256 e. The number of aromatic nitrogens is 4. The Morgan fingerprint density at radius 1 is 1.32 bits per heavy atom. The van der Waals surface area contributed by atoms with Gasteiger partial charge in [0.25, 0.3) is 5.91 Å². The van der Waals surface area contributed by atoms with Crippen molar-refractivity contribution in [2.75, 3.05) is 0 Å². The normalized spacial score (nSPS) is 10.8. The van der Waals surface area contributed by atoms with E-state index in [1.807, 2.05) is 36.1 Å². The van der Waals surface area contributed by atoms with Crippen molar-refractivity contribution < 1.29 is 4.79 Å². The van der Waals surface area contributed by atoms with Gasteiger partial charge in [-0.3, -0.25) is 9.78 Å². The SMILES string of the molecule is Cn1ccn2ncc(C(=O)NCc3ccncc3)c12. The summed E-state index contributed by atoms with van der Waals surface area (Å²) in [5, 5.41) is 7.02. The van der Waals surface area contributed by atoms with E-state index in [4.69, 9.17) is 0 Å². The van der Waals surface area contributed by atoms with Crippen LogP contribution in [0.1, 0.15) is 15.9 Å². The number of hydrogen-bond acceptors (Lipinski definition) is 3. The molecule has 96 valence electrons. The van der Waals surface area contributed by atoms with Gasteiger partial charge in [-0.1, -0.05) is 0 Å². The number of nitrogens with one attached hydrogen (secondary N) is 1. The summed E-state index contributed by atoms with van der Waals surface area (Å²) < 4.78 is 3.55. The van der Waals surface area contributed by atoms with Gasteiger partial charge in [0.1, 0.15) is 11.2 Å². The van der Waals surface area contributed by atoms with Crippen LogP contribution in [0.15, 0.2) is 43.1 Å². The number of aryl methyl sites for hydroxylation is 1. The number of imidazole rings is 1. The molecule has 0 aliphatic heterocycles. The molecule has 0 aliphatic carbocycles. The lowest BCUT2D eigenvalue weighted by molar-refractivity contribution is 0.0952. The molecule has 0 aromatic carbocycles. The molecule has 0 fully saturated rings. The van der Waals surface area contributed by atoms with Gasteiger partial charge in [-0.25, -0.2) is 4.52 Å². The molecule has 3 aromatic rings. The van der Waals surface area contributed by atoms with Crippen molar-refractivity contribution in [3.8, 4) is 0 Å². The Labute approximate surface area is 109 Å². The third-order valence-electron chi connectivity index (χ3n) is 2.98. The van der Waals surface area contributed by atoms with Gasteiger partial charge in [-0.2, -0.15) is 5.10 Å². The molecule has 1 amide bonds. The van der Waals surface area contributed by atoms with Gasteiger partial charge < -0.3 is 9.88 Å². The fraction of sp³-hybridized carbons (Fsp3) is 0.154. The molecule has 3 rings (SSSR count). The van der Waals surface area contributed by atoms with Crippen LogP contribution in [-0.2, 0) is 13.6 Å². The van der Waals surface area contributed by atoms with E-state index >= 15 is 0 Å². The maximum absolute atomic E-state index is 12.1. The first-order valence-electron chi connectivity index (χ1n) is 5.91. The summed E-state index contributed by atoms with van der Waals surface area (Å²) in [5.41, 5.74) is 2.37. The van der Waals surface area contributed by atoms with Crippen LogP contribution >= 0.6 is 0 Å². The third-order valence-corrected chi connectivity index (χ3v) is 2.98. The zero-order chi connectivity index (χ0) is 13.2. The van der Waals surface area contributed by atoms with Crippen molar-refractivity contribution in [1.82, 2.24) is 24.5 Å². The molecule has 6 nitrogen and oxygen atoms in total. The second-order valence-electron chi connectivity index (χ2n) is 4.27.